The Balaban J connectivity index is 4.84. The van der Waals surface area contributed by atoms with Crippen LogP contribution >= 0.6 is 0 Å². The van der Waals surface area contributed by atoms with Gasteiger partial charge in [0.2, 0.25) is 0 Å². The van der Waals surface area contributed by atoms with Crippen molar-refractivity contribution in [3.05, 3.63) is 0 Å². The predicted molar refractivity (Wildman–Crippen MR) is 82.1 cm³/mol. The van der Waals surface area contributed by atoms with Crippen LogP contribution < -0.4 is 0 Å². The molecule has 0 saturated heterocycles. The van der Waals surface area contributed by atoms with Crippen molar-refractivity contribution in [1.82, 2.24) is 0 Å². The third-order valence-electron chi connectivity index (χ3n) is 3.52. The quantitative estimate of drug-likeness (QED) is 0.462. The van der Waals surface area contributed by atoms with Gasteiger partial charge in [0, 0.05) is 0 Å². The molecule has 0 unspecified atom stereocenters. The first-order valence-corrected chi connectivity index (χ1v) is 11.6. The molecule has 0 heterocycles. The molecular formula is C15H33BiO3. The second-order valence-electron chi connectivity index (χ2n) is 6.84. The molecule has 116 valence electrons. The Morgan fingerprint density at radius 1 is 0.579 bits per heavy atom. The van der Waals surface area contributed by atoms with E-state index in [1.54, 1.807) is 0 Å². The number of hydrogen-bond donors (Lipinski definition) is 0. The van der Waals surface area contributed by atoms with Crippen LogP contribution in [0.15, 0.2) is 0 Å². The third kappa shape index (κ3) is 8.60. The van der Waals surface area contributed by atoms with Crippen LogP contribution in [0.2, 0.25) is 0 Å². The summed E-state index contributed by atoms with van der Waals surface area (Å²) in [6.45, 7) is 19.1. The number of rotatable bonds is 9. The van der Waals surface area contributed by atoms with E-state index in [2.05, 4.69) is 62.3 Å². The summed E-state index contributed by atoms with van der Waals surface area (Å²) in [6.07, 6.45) is 2.89. The maximum absolute atomic E-state index is 6.22. The molecule has 0 radical (unpaired) electrons. The SMILES string of the molecule is CCC(C)(C)[O][Bi]([O]C(C)(C)CC)[O]C(C)(C)CC. The molecule has 0 aliphatic carbocycles. The molecule has 0 atom stereocenters. The van der Waals surface area contributed by atoms with Crippen molar-refractivity contribution >= 4 is 23.1 Å². The molecule has 0 aromatic heterocycles. The van der Waals surface area contributed by atoms with Crippen LogP contribution in [0.5, 0.6) is 0 Å². The van der Waals surface area contributed by atoms with Crippen molar-refractivity contribution < 1.29 is 8.44 Å². The fourth-order valence-corrected chi connectivity index (χ4v) is 7.50. The average Bonchev–Trinajstić information content (AvgIpc) is 2.27. The van der Waals surface area contributed by atoms with Crippen LogP contribution in [0.3, 0.4) is 0 Å². The Labute approximate surface area is 129 Å². The summed E-state index contributed by atoms with van der Waals surface area (Å²) in [5, 5.41) is 0. The van der Waals surface area contributed by atoms with E-state index in [0.29, 0.717) is 0 Å². The molecular weight excluding hydrogens is 437 g/mol. The molecule has 0 rings (SSSR count). The second kappa shape index (κ2) is 7.68. The molecule has 3 nitrogen and oxygen atoms in total. The Morgan fingerprint density at radius 3 is 0.947 bits per heavy atom. The van der Waals surface area contributed by atoms with Gasteiger partial charge >= 0.3 is 130 Å². The van der Waals surface area contributed by atoms with Crippen molar-refractivity contribution in [2.45, 2.75) is 98.4 Å². The van der Waals surface area contributed by atoms with E-state index in [4.69, 9.17) is 8.44 Å². The van der Waals surface area contributed by atoms with Gasteiger partial charge in [-0.1, -0.05) is 0 Å². The van der Waals surface area contributed by atoms with Gasteiger partial charge in [0.1, 0.15) is 0 Å². The summed E-state index contributed by atoms with van der Waals surface area (Å²) in [6, 6.07) is 0. The van der Waals surface area contributed by atoms with E-state index < -0.39 is 23.1 Å². The van der Waals surface area contributed by atoms with E-state index in [-0.39, 0.29) is 16.8 Å². The molecule has 0 saturated carbocycles. The fourth-order valence-electron chi connectivity index (χ4n) is 0.855. The summed E-state index contributed by atoms with van der Waals surface area (Å²) < 4.78 is 18.7. The van der Waals surface area contributed by atoms with Crippen LogP contribution in [0.4, 0.5) is 0 Å². The van der Waals surface area contributed by atoms with Crippen LogP contribution in [0, 0.1) is 0 Å². The molecule has 0 bridgehead atoms. The van der Waals surface area contributed by atoms with Gasteiger partial charge < -0.3 is 0 Å². The Morgan fingerprint density at radius 2 is 0.789 bits per heavy atom. The van der Waals surface area contributed by atoms with E-state index in [1.165, 1.54) is 0 Å². The summed E-state index contributed by atoms with van der Waals surface area (Å²) in [5.41, 5.74) is -0.483. The van der Waals surface area contributed by atoms with E-state index >= 15 is 0 Å². The molecule has 0 amide bonds. The van der Waals surface area contributed by atoms with Gasteiger partial charge in [-0.3, -0.25) is 0 Å². The van der Waals surface area contributed by atoms with Gasteiger partial charge in [-0.05, 0) is 0 Å². The molecule has 0 aliphatic heterocycles. The van der Waals surface area contributed by atoms with Crippen molar-refractivity contribution in [3.8, 4) is 0 Å². The molecule has 0 N–H and O–H groups in total. The summed E-state index contributed by atoms with van der Waals surface area (Å²) in [7, 11) is 0. The zero-order valence-corrected chi connectivity index (χ0v) is 17.8. The molecule has 0 aromatic rings. The van der Waals surface area contributed by atoms with Crippen LogP contribution in [0.25, 0.3) is 0 Å². The zero-order valence-electron chi connectivity index (χ0n) is 14.3. The van der Waals surface area contributed by atoms with Crippen molar-refractivity contribution in [1.29, 1.82) is 0 Å². The maximum atomic E-state index is 6.22. The monoisotopic (exact) mass is 470 g/mol. The third-order valence-corrected chi connectivity index (χ3v) is 11.0. The normalized spacial score (nSPS) is 14.2. The van der Waals surface area contributed by atoms with Gasteiger partial charge in [0.25, 0.3) is 0 Å². The summed E-state index contributed by atoms with van der Waals surface area (Å²) in [4.78, 5) is 0. The molecule has 0 spiro atoms. The van der Waals surface area contributed by atoms with Crippen molar-refractivity contribution in [3.63, 3.8) is 0 Å². The van der Waals surface area contributed by atoms with Gasteiger partial charge in [-0.25, -0.2) is 0 Å². The second-order valence-corrected chi connectivity index (χ2v) is 10.7. The van der Waals surface area contributed by atoms with Crippen LogP contribution in [-0.2, 0) is 8.44 Å². The van der Waals surface area contributed by atoms with E-state index in [9.17, 15) is 0 Å². The molecule has 19 heavy (non-hydrogen) atoms. The van der Waals surface area contributed by atoms with Gasteiger partial charge in [-0.2, -0.15) is 0 Å². The van der Waals surface area contributed by atoms with E-state index in [1.807, 2.05) is 0 Å². The first-order valence-electron chi connectivity index (χ1n) is 7.34. The van der Waals surface area contributed by atoms with E-state index in [0.717, 1.165) is 19.3 Å². The van der Waals surface area contributed by atoms with Crippen molar-refractivity contribution in [2.24, 2.45) is 0 Å². The molecule has 0 aromatic carbocycles. The standard InChI is InChI=1S/3C5H11O.Bi/c3*1-4-5(2,3)6;/h3*4H2,1-3H3;/q3*-1;+3. The van der Waals surface area contributed by atoms with Gasteiger partial charge in [0.05, 0.1) is 0 Å². The predicted octanol–water partition coefficient (Wildman–Crippen LogP) is 4.59. The summed E-state index contributed by atoms with van der Waals surface area (Å²) >= 11 is -2.88. The van der Waals surface area contributed by atoms with Crippen molar-refractivity contribution in [2.75, 3.05) is 0 Å². The Hall–Kier alpha value is 0.763. The van der Waals surface area contributed by atoms with Crippen LogP contribution in [0.1, 0.15) is 81.6 Å². The van der Waals surface area contributed by atoms with Crippen LogP contribution in [-0.4, -0.2) is 39.9 Å². The minimum atomic E-state index is -2.88. The first-order chi connectivity index (χ1) is 8.47. The minimum absolute atomic E-state index is 0.161. The topological polar surface area (TPSA) is 27.7 Å². The van der Waals surface area contributed by atoms with Gasteiger partial charge in [-0.15, -0.1) is 0 Å². The first kappa shape index (κ1) is 19.8. The molecule has 0 aliphatic rings. The zero-order chi connectivity index (χ0) is 15.3. The fraction of sp³-hybridized carbons (Fsp3) is 1.00. The summed E-state index contributed by atoms with van der Waals surface area (Å²) in [5.74, 6) is 0. The van der Waals surface area contributed by atoms with Gasteiger partial charge in [0.15, 0.2) is 0 Å². The molecule has 4 heteroatoms. The number of hydrogen-bond acceptors (Lipinski definition) is 3. The Kier molecular flexibility index (Phi) is 7.99. The average molecular weight is 470 g/mol. The Bertz CT molecular complexity index is 219. The molecule has 0 fully saturated rings.